The number of ether oxygens (including phenoxy) is 1. The summed E-state index contributed by atoms with van der Waals surface area (Å²) in [6.45, 7) is 1.71. The van der Waals surface area contributed by atoms with Crippen molar-refractivity contribution in [1.29, 1.82) is 0 Å². The number of benzene rings is 3. The van der Waals surface area contributed by atoms with Crippen LogP contribution in [-0.4, -0.2) is 12.0 Å². The van der Waals surface area contributed by atoms with E-state index in [9.17, 15) is 4.79 Å². The highest BCUT2D eigenvalue weighted by atomic mass is 35.5. The maximum Gasteiger partial charge on any atom is 0.265 e. The molecule has 116 valence electrons. The van der Waals surface area contributed by atoms with Crippen LogP contribution >= 0.6 is 11.6 Å². The number of carbonyl (C=O) groups is 1. The number of amides is 1. The SMILES string of the molecule is C[C@H](Oc1cccc(Cl)c1)C(=O)Nc1cccc2ccccc12. The molecule has 0 spiro atoms. The quantitative estimate of drug-likeness (QED) is 0.741. The molecule has 3 aromatic carbocycles. The van der Waals surface area contributed by atoms with Gasteiger partial charge in [-0.15, -0.1) is 0 Å². The van der Waals surface area contributed by atoms with Crippen molar-refractivity contribution < 1.29 is 9.53 Å². The molecule has 0 aromatic heterocycles. The maximum absolute atomic E-state index is 12.4. The minimum Gasteiger partial charge on any atom is -0.481 e. The van der Waals surface area contributed by atoms with Gasteiger partial charge in [-0.05, 0) is 36.6 Å². The predicted octanol–water partition coefficient (Wildman–Crippen LogP) is 4.90. The van der Waals surface area contributed by atoms with Crippen molar-refractivity contribution in [3.05, 3.63) is 71.8 Å². The van der Waals surface area contributed by atoms with E-state index in [0.29, 0.717) is 10.8 Å². The Hall–Kier alpha value is -2.52. The molecule has 1 N–H and O–H groups in total. The van der Waals surface area contributed by atoms with Gasteiger partial charge in [0.15, 0.2) is 6.10 Å². The number of fused-ring (bicyclic) bond motifs is 1. The fraction of sp³-hybridized carbons (Fsp3) is 0.105. The molecular weight excluding hydrogens is 310 g/mol. The van der Waals surface area contributed by atoms with E-state index in [4.69, 9.17) is 16.3 Å². The maximum atomic E-state index is 12.4. The molecular formula is C19H16ClNO2. The summed E-state index contributed by atoms with van der Waals surface area (Å²) < 4.78 is 5.64. The normalized spacial score (nSPS) is 11.9. The number of hydrogen-bond donors (Lipinski definition) is 1. The van der Waals surface area contributed by atoms with Gasteiger partial charge in [0.1, 0.15) is 5.75 Å². The van der Waals surface area contributed by atoms with Crippen molar-refractivity contribution in [2.45, 2.75) is 13.0 Å². The van der Waals surface area contributed by atoms with E-state index in [1.165, 1.54) is 0 Å². The van der Waals surface area contributed by atoms with Crippen LogP contribution in [0.4, 0.5) is 5.69 Å². The summed E-state index contributed by atoms with van der Waals surface area (Å²) in [6.07, 6.45) is -0.632. The van der Waals surface area contributed by atoms with Gasteiger partial charge in [0.05, 0.1) is 0 Å². The first-order valence-electron chi connectivity index (χ1n) is 7.34. The van der Waals surface area contributed by atoms with Crippen LogP contribution < -0.4 is 10.1 Å². The van der Waals surface area contributed by atoms with Crippen LogP contribution in [0, 0.1) is 0 Å². The van der Waals surface area contributed by atoms with Crippen LogP contribution in [0.25, 0.3) is 10.8 Å². The van der Waals surface area contributed by atoms with E-state index in [1.54, 1.807) is 31.2 Å². The average molecular weight is 326 g/mol. The van der Waals surface area contributed by atoms with Crippen LogP contribution in [0.3, 0.4) is 0 Å². The number of rotatable bonds is 4. The van der Waals surface area contributed by atoms with E-state index < -0.39 is 6.10 Å². The zero-order valence-corrected chi connectivity index (χ0v) is 13.4. The van der Waals surface area contributed by atoms with Gasteiger partial charge < -0.3 is 10.1 Å². The molecule has 3 rings (SSSR count). The number of hydrogen-bond acceptors (Lipinski definition) is 2. The molecule has 3 nitrogen and oxygen atoms in total. The van der Waals surface area contributed by atoms with Gasteiger partial charge in [-0.25, -0.2) is 0 Å². The number of halogens is 1. The van der Waals surface area contributed by atoms with E-state index in [-0.39, 0.29) is 5.91 Å². The van der Waals surface area contributed by atoms with Crippen LogP contribution in [-0.2, 0) is 4.79 Å². The summed E-state index contributed by atoms with van der Waals surface area (Å²) in [5, 5.41) is 5.57. The highest BCUT2D eigenvalue weighted by Gasteiger charge is 2.16. The molecule has 0 heterocycles. The van der Waals surface area contributed by atoms with Gasteiger partial charge in [-0.3, -0.25) is 4.79 Å². The third kappa shape index (κ3) is 3.63. The minimum atomic E-state index is -0.632. The summed E-state index contributed by atoms with van der Waals surface area (Å²) in [7, 11) is 0. The molecule has 0 aliphatic carbocycles. The summed E-state index contributed by atoms with van der Waals surface area (Å²) in [6, 6.07) is 20.7. The highest BCUT2D eigenvalue weighted by molar-refractivity contribution is 6.30. The topological polar surface area (TPSA) is 38.3 Å². The number of carbonyl (C=O) groups excluding carboxylic acids is 1. The largest absolute Gasteiger partial charge is 0.481 e. The lowest BCUT2D eigenvalue weighted by molar-refractivity contribution is -0.122. The van der Waals surface area contributed by atoms with Crippen molar-refractivity contribution in [3.8, 4) is 5.75 Å². The second-order valence-corrected chi connectivity index (χ2v) is 5.67. The van der Waals surface area contributed by atoms with Crippen LogP contribution in [0.15, 0.2) is 66.7 Å². The summed E-state index contributed by atoms with van der Waals surface area (Å²) in [5.41, 5.74) is 0.773. The Bertz CT molecular complexity index is 842. The monoisotopic (exact) mass is 325 g/mol. The smallest absolute Gasteiger partial charge is 0.265 e. The third-order valence-electron chi connectivity index (χ3n) is 3.53. The fourth-order valence-corrected chi connectivity index (χ4v) is 2.55. The first kappa shape index (κ1) is 15.4. The Morgan fingerprint density at radius 2 is 1.78 bits per heavy atom. The van der Waals surface area contributed by atoms with E-state index >= 15 is 0 Å². The van der Waals surface area contributed by atoms with Crippen LogP contribution in [0.5, 0.6) is 5.75 Å². The molecule has 0 aliphatic rings. The van der Waals surface area contributed by atoms with Crippen molar-refractivity contribution in [2.75, 3.05) is 5.32 Å². The van der Waals surface area contributed by atoms with Gasteiger partial charge in [0.2, 0.25) is 0 Å². The first-order chi connectivity index (χ1) is 11.1. The summed E-state index contributed by atoms with van der Waals surface area (Å²) >= 11 is 5.92. The molecule has 0 radical (unpaired) electrons. The predicted molar refractivity (Wildman–Crippen MR) is 94.1 cm³/mol. The second kappa shape index (κ2) is 6.71. The van der Waals surface area contributed by atoms with Gasteiger partial charge in [-0.2, -0.15) is 0 Å². The molecule has 0 unspecified atom stereocenters. The zero-order valence-electron chi connectivity index (χ0n) is 12.6. The lowest BCUT2D eigenvalue weighted by Crippen LogP contribution is -2.30. The van der Waals surface area contributed by atoms with Crippen molar-refractivity contribution in [1.82, 2.24) is 0 Å². The minimum absolute atomic E-state index is 0.207. The zero-order chi connectivity index (χ0) is 16.2. The summed E-state index contributed by atoms with van der Waals surface area (Å²) in [5.74, 6) is 0.361. The van der Waals surface area contributed by atoms with E-state index in [1.807, 2.05) is 42.5 Å². The fourth-order valence-electron chi connectivity index (χ4n) is 2.37. The second-order valence-electron chi connectivity index (χ2n) is 5.23. The lowest BCUT2D eigenvalue weighted by atomic mass is 10.1. The molecule has 3 aromatic rings. The summed E-state index contributed by atoms with van der Waals surface area (Å²) in [4.78, 5) is 12.4. The van der Waals surface area contributed by atoms with Crippen molar-refractivity contribution >= 4 is 34.0 Å². The van der Waals surface area contributed by atoms with Crippen molar-refractivity contribution in [3.63, 3.8) is 0 Å². The van der Waals surface area contributed by atoms with Gasteiger partial charge in [0, 0.05) is 16.1 Å². The molecule has 0 saturated carbocycles. The van der Waals surface area contributed by atoms with Gasteiger partial charge in [-0.1, -0.05) is 54.1 Å². The van der Waals surface area contributed by atoms with Gasteiger partial charge in [0.25, 0.3) is 5.91 Å². The molecule has 23 heavy (non-hydrogen) atoms. The van der Waals surface area contributed by atoms with Crippen LogP contribution in [0.1, 0.15) is 6.92 Å². The lowest BCUT2D eigenvalue weighted by Gasteiger charge is -2.16. The Morgan fingerprint density at radius 3 is 2.61 bits per heavy atom. The van der Waals surface area contributed by atoms with Gasteiger partial charge >= 0.3 is 0 Å². The first-order valence-corrected chi connectivity index (χ1v) is 7.72. The van der Waals surface area contributed by atoms with E-state index in [0.717, 1.165) is 16.5 Å². The molecule has 0 saturated heterocycles. The third-order valence-corrected chi connectivity index (χ3v) is 3.76. The Balaban J connectivity index is 1.75. The molecule has 0 fully saturated rings. The molecule has 1 atom stereocenters. The Labute approximate surface area is 139 Å². The molecule has 0 bridgehead atoms. The molecule has 4 heteroatoms. The number of anilines is 1. The number of nitrogens with one attached hydrogen (secondary N) is 1. The van der Waals surface area contributed by atoms with E-state index in [2.05, 4.69) is 5.32 Å². The van der Waals surface area contributed by atoms with Crippen molar-refractivity contribution in [2.24, 2.45) is 0 Å². The molecule has 1 amide bonds. The molecule has 0 aliphatic heterocycles. The highest BCUT2D eigenvalue weighted by Crippen LogP contribution is 2.24. The average Bonchev–Trinajstić information content (AvgIpc) is 2.55. The Kier molecular flexibility index (Phi) is 4.49. The Morgan fingerprint density at radius 1 is 1.04 bits per heavy atom. The standard InChI is InChI=1S/C19H16ClNO2/c1-13(23-16-9-5-8-15(20)12-16)19(22)21-18-11-4-7-14-6-2-3-10-17(14)18/h2-13H,1H3,(H,21,22)/t13-/m0/s1. The van der Waals surface area contributed by atoms with Crippen LogP contribution in [0.2, 0.25) is 5.02 Å².